The van der Waals surface area contributed by atoms with Crippen molar-refractivity contribution in [2.24, 2.45) is 0 Å². The van der Waals surface area contributed by atoms with Crippen molar-refractivity contribution < 1.29 is 4.79 Å². The number of likely N-dealkylation sites (tertiary alicyclic amines) is 1. The van der Waals surface area contributed by atoms with Crippen molar-refractivity contribution in [1.29, 1.82) is 0 Å². The summed E-state index contributed by atoms with van der Waals surface area (Å²) in [6.45, 7) is 2.20. The maximum Gasteiger partial charge on any atom is 0.249 e. The molecular formula is C21H26N6O. The first kappa shape index (κ1) is 18.4. The third-order valence-corrected chi connectivity index (χ3v) is 5.40. The fourth-order valence-electron chi connectivity index (χ4n) is 3.73. The lowest BCUT2D eigenvalue weighted by atomic mass is 10.0. The molecule has 4 rings (SSSR count). The summed E-state index contributed by atoms with van der Waals surface area (Å²) in [5, 5.41) is 7.37. The fraction of sp³-hybridized carbons (Fsp3) is 0.381. The zero-order chi connectivity index (χ0) is 19.5. The highest BCUT2D eigenvalue weighted by molar-refractivity contribution is 5.90. The monoisotopic (exact) mass is 378 g/mol. The van der Waals surface area contributed by atoms with Crippen LogP contribution in [-0.2, 0) is 11.2 Å². The number of carbonyl (C=O) groups is 1. The molecule has 0 unspecified atom stereocenters. The van der Waals surface area contributed by atoms with Crippen molar-refractivity contribution in [3.8, 4) is 0 Å². The third kappa shape index (κ3) is 3.99. The molecule has 146 valence electrons. The van der Waals surface area contributed by atoms with Crippen LogP contribution in [0.4, 0.5) is 11.8 Å². The number of fused-ring (bicyclic) bond motifs is 1. The number of hydrogen-bond acceptors (Lipinski definition) is 5. The molecule has 0 bridgehead atoms. The van der Waals surface area contributed by atoms with Gasteiger partial charge in [0.2, 0.25) is 11.9 Å². The van der Waals surface area contributed by atoms with E-state index in [-0.39, 0.29) is 5.91 Å². The van der Waals surface area contributed by atoms with Gasteiger partial charge >= 0.3 is 0 Å². The van der Waals surface area contributed by atoms with E-state index in [0.717, 1.165) is 43.0 Å². The number of rotatable bonds is 5. The maximum absolute atomic E-state index is 12.3. The number of hydrogen-bond donors (Lipinski definition) is 1. The minimum atomic E-state index is -0.118. The fourth-order valence-corrected chi connectivity index (χ4v) is 3.73. The molecule has 1 aromatic carbocycles. The van der Waals surface area contributed by atoms with E-state index < -0.39 is 0 Å². The van der Waals surface area contributed by atoms with Gasteiger partial charge in [-0.2, -0.15) is 9.50 Å². The van der Waals surface area contributed by atoms with Crippen LogP contribution in [0.15, 0.2) is 48.5 Å². The number of nitrogens with one attached hydrogen (secondary N) is 1. The van der Waals surface area contributed by atoms with Gasteiger partial charge < -0.3 is 9.80 Å². The molecular weight excluding hydrogens is 352 g/mol. The summed E-state index contributed by atoms with van der Waals surface area (Å²) in [6, 6.07) is 16.1. The highest BCUT2D eigenvalue weighted by Crippen LogP contribution is 2.23. The summed E-state index contributed by atoms with van der Waals surface area (Å²) in [5.74, 6) is 1.21. The standard InChI is InChI=1S/C21H26N6O/c1-25-13-11-17(12-14-25)26(2)20-10-6-9-18-22-21(24-27(18)20)23-19(28)15-16-7-4-3-5-8-16/h3-10,17H,11-15H2,1-2H3,(H,23,24,28). The van der Waals surface area contributed by atoms with Crippen LogP contribution in [0.3, 0.4) is 0 Å². The van der Waals surface area contributed by atoms with Gasteiger partial charge in [-0.3, -0.25) is 10.1 Å². The summed E-state index contributed by atoms with van der Waals surface area (Å²) in [4.78, 5) is 21.5. The number of benzene rings is 1. The van der Waals surface area contributed by atoms with Crippen LogP contribution in [-0.4, -0.2) is 58.6 Å². The highest BCUT2D eigenvalue weighted by Gasteiger charge is 2.23. The second kappa shape index (κ2) is 7.98. The van der Waals surface area contributed by atoms with Gasteiger partial charge in [0.05, 0.1) is 6.42 Å². The summed E-state index contributed by atoms with van der Waals surface area (Å²) in [6.07, 6.45) is 2.55. The van der Waals surface area contributed by atoms with Gasteiger partial charge in [-0.1, -0.05) is 36.4 Å². The molecule has 0 saturated carbocycles. The second-order valence-electron chi connectivity index (χ2n) is 7.45. The Kier molecular flexibility index (Phi) is 5.25. The topological polar surface area (TPSA) is 65.8 Å². The quantitative estimate of drug-likeness (QED) is 0.739. The Labute approximate surface area is 165 Å². The van der Waals surface area contributed by atoms with Crippen molar-refractivity contribution in [1.82, 2.24) is 19.5 Å². The zero-order valence-electron chi connectivity index (χ0n) is 16.4. The van der Waals surface area contributed by atoms with Crippen LogP contribution in [0, 0.1) is 0 Å². The van der Waals surface area contributed by atoms with Crippen molar-refractivity contribution in [2.75, 3.05) is 37.4 Å². The van der Waals surface area contributed by atoms with Gasteiger partial charge in [-0.25, -0.2) is 0 Å². The van der Waals surface area contributed by atoms with E-state index in [1.807, 2.05) is 47.0 Å². The molecule has 0 aliphatic carbocycles. The minimum absolute atomic E-state index is 0.118. The molecule has 1 aliphatic rings. The number of aromatic nitrogens is 3. The van der Waals surface area contributed by atoms with Crippen molar-refractivity contribution in [3.05, 3.63) is 54.1 Å². The number of carbonyl (C=O) groups excluding carboxylic acids is 1. The molecule has 3 heterocycles. The normalized spacial score (nSPS) is 15.6. The number of pyridine rings is 1. The van der Waals surface area contributed by atoms with Gasteiger partial charge in [0, 0.05) is 13.1 Å². The van der Waals surface area contributed by atoms with E-state index in [0.29, 0.717) is 18.4 Å². The van der Waals surface area contributed by atoms with E-state index in [1.165, 1.54) is 0 Å². The predicted molar refractivity (Wildman–Crippen MR) is 111 cm³/mol. The Morgan fingerprint density at radius 1 is 1.14 bits per heavy atom. The Hall–Kier alpha value is -2.93. The Balaban J connectivity index is 1.51. The van der Waals surface area contributed by atoms with Crippen LogP contribution < -0.4 is 10.2 Å². The first-order chi connectivity index (χ1) is 13.6. The SMILES string of the molecule is CN1CCC(N(C)c2cccc3nc(NC(=O)Cc4ccccc4)nn23)CC1. The first-order valence-corrected chi connectivity index (χ1v) is 9.71. The lowest BCUT2D eigenvalue weighted by Crippen LogP contribution is -2.42. The number of amides is 1. The van der Waals surface area contributed by atoms with E-state index in [1.54, 1.807) is 0 Å². The second-order valence-corrected chi connectivity index (χ2v) is 7.45. The molecule has 2 aromatic heterocycles. The largest absolute Gasteiger partial charge is 0.356 e. The Bertz CT molecular complexity index is 946. The van der Waals surface area contributed by atoms with Gasteiger partial charge in [0.1, 0.15) is 5.82 Å². The first-order valence-electron chi connectivity index (χ1n) is 9.71. The molecule has 7 nitrogen and oxygen atoms in total. The van der Waals surface area contributed by atoms with E-state index >= 15 is 0 Å². The number of anilines is 2. The molecule has 0 spiro atoms. The van der Waals surface area contributed by atoms with E-state index in [2.05, 4.69) is 45.4 Å². The number of piperidine rings is 1. The van der Waals surface area contributed by atoms with Crippen LogP contribution in [0.2, 0.25) is 0 Å². The molecule has 7 heteroatoms. The Morgan fingerprint density at radius 3 is 2.64 bits per heavy atom. The van der Waals surface area contributed by atoms with Crippen LogP contribution >= 0.6 is 0 Å². The smallest absolute Gasteiger partial charge is 0.249 e. The van der Waals surface area contributed by atoms with Crippen LogP contribution in [0.5, 0.6) is 0 Å². The maximum atomic E-state index is 12.3. The molecule has 1 N–H and O–H groups in total. The number of nitrogens with zero attached hydrogens (tertiary/aromatic N) is 5. The lowest BCUT2D eigenvalue weighted by molar-refractivity contribution is -0.115. The highest BCUT2D eigenvalue weighted by atomic mass is 16.1. The lowest BCUT2D eigenvalue weighted by Gasteiger charge is -2.36. The third-order valence-electron chi connectivity index (χ3n) is 5.40. The summed E-state index contributed by atoms with van der Waals surface area (Å²) in [5.41, 5.74) is 1.69. The van der Waals surface area contributed by atoms with E-state index in [9.17, 15) is 4.79 Å². The van der Waals surface area contributed by atoms with Gasteiger partial charge in [0.25, 0.3) is 0 Å². The zero-order valence-corrected chi connectivity index (χ0v) is 16.4. The van der Waals surface area contributed by atoms with Crippen LogP contribution in [0.25, 0.3) is 5.65 Å². The van der Waals surface area contributed by atoms with Gasteiger partial charge in [-0.15, -0.1) is 5.10 Å². The molecule has 1 amide bonds. The minimum Gasteiger partial charge on any atom is -0.356 e. The molecule has 28 heavy (non-hydrogen) atoms. The molecule has 3 aromatic rings. The average Bonchev–Trinajstić information content (AvgIpc) is 3.11. The average molecular weight is 378 g/mol. The van der Waals surface area contributed by atoms with Gasteiger partial charge in [-0.05, 0) is 50.7 Å². The van der Waals surface area contributed by atoms with E-state index in [4.69, 9.17) is 0 Å². The Morgan fingerprint density at radius 2 is 1.89 bits per heavy atom. The summed E-state index contributed by atoms with van der Waals surface area (Å²) in [7, 11) is 4.28. The summed E-state index contributed by atoms with van der Waals surface area (Å²) < 4.78 is 1.82. The molecule has 0 radical (unpaired) electrons. The molecule has 0 atom stereocenters. The van der Waals surface area contributed by atoms with Gasteiger partial charge in [0.15, 0.2) is 5.65 Å². The summed E-state index contributed by atoms with van der Waals surface area (Å²) >= 11 is 0. The van der Waals surface area contributed by atoms with Crippen molar-refractivity contribution in [3.63, 3.8) is 0 Å². The predicted octanol–water partition coefficient (Wildman–Crippen LogP) is 2.44. The molecule has 1 aliphatic heterocycles. The van der Waals surface area contributed by atoms with Crippen molar-refractivity contribution in [2.45, 2.75) is 25.3 Å². The molecule has 1 fully saturated rings. The van der Waals surface area contributed by atoms with Crippen molar-refractivity contribution >= 4 is 23.3 Å². The van der Waals surface area contributed by atoms with Crippen LogP contribution in [0.1, 0.15) is 18.4 Å². The molecule has 1 saturated heterocycles.